The summed E-state index contributed by atoms with van der Waals surface area (Å²) in [6, 6.07) is 37.3. The number of carbonyl (C=O) groups is 2. The van der Waals surface area contributed by atoms with Crippen molar-refractivity contribution in [2.24, 2.45) is 0 Å². The number of para-hydroxylation sites is 1. The smallest absolute Gasteiger partial charge is 0.324 e. The van der Waals surface area contributed by atoms with E-state index in [1.54, 1.807) is 17.3 Å². The van der Waals surface area contributed by atoms with E-state index < -0.39 is 0 Å². The van der Waals surface area contributed by atoms with Gasteiger partial charge in [0.1, 0.15) is 0 Å². The minimum absolute atomic E-state index is 0.0240. The Labute approximate surface area is 294 Å². The Morgan fingerprint density at radius 3 is 1.58 bits per heavy atom. The molecule has 2 saturated heterocycles. The minimum atomic E-state index is -0.0788. The summed E-state index contributed by atoms with van der Waals surface area (Å²) in [5, 5.41) is 0. The molecule has 7 nitrogen and oxygen atoms in total. The Bertz CT molecular complexity index is 2020. The third kappa shape index (κ3) is 8.83. The highest BCUT2D eigenvalue weighted by Gasteiger charge is 2.37. The normalized spacial score (nSPS) is 14.6. The molecule has 3 amide bonds. The number of anilines is 1. The van der Waals surface area contributed by atoms with E-state index in [1.165, 1.54) is 0 Å². The van der Waals surface area contributed by atoms with Crippen LogP contribution in [0.1, 0.15) is 60.3 Å². The molecule has 3 aromatic carbocycles. The highest BCUT2D eigenvalue weighted by molar-refractivity contribution is 5.94. The fourth-order valence-electron chi connectivity index (χ4n) is 5.77. The van der Waals surface area contributed by atoms with Crippen LogP contribution in [0.5, 0.6) is 0 Å². The van der Waals surface area contributed by atoms with Gasteiger partial charge < -0.3 is 9.80 Å². The number of rotatable bonds is 5. The quantitative estimate of drug-likeness (QED) is 0.186. The predicted molar refractivity (Wildman–Crippen MR) is 197 cm³/mol. The molecule has 0 atom stereocenters. The van der Waals surface area contributed by atoms with Gasteiger partial charge in [-0.2, -0.15) is 0 Å². The van der Waals surface area contributed by atoms with Crippen LogP contribution in [0.4, 0.5) is 10.5 Å². The third-order valence-electron chi connectivity index (χ3n) is 8.72. The summed E-state index contributed by atoms with van der Waals surface area (Å²) < 4.78 is 0. The molecule has 0 radical (unpaired) electrons. The van der Waals surface area contributed by atoms with Crippen molar-refractivity contribution in [1.29, 1.82) is 0 Å². The molecule has 2 aliphatic heterocycles. The number of benzene rings is 3. The molecule has 0 unspecified atom stereocenters. The van der Waals surface area contributed by atoms with E-state index in [4.69, 9.17) is 0 Å². The van der Waals surface area contributed by atoms with E-state index in [0.29, 0.717) is 32.6 Å². The van der Waals surface area contributed by atoms with Crippen molar-refractivity contribution in [2.45, 2.75) is 45.3 Å². The second-order valence-electron chi connectivity index (χ2n) is 12.8. The molecular formula is C43H39N5O2. The second kappa shape index (κ2) is 15.8. The zero-order chi connectivity index (χ0) is 34.8. The number of likely N-dealkylation sites (tertiary alicyclic amines) is 1. The third-order valence-corrected chi connectivity index (χ3v) is 8.72. The van der Waals surface area contributed by atoms with Crippen molar-refractivity contribution in [3.8, 4) is 23.7 Å². The number of urea groups is 1. The van der Waals surface area contributed by atoms with Crippen molar-refractivity contribution < 1.29 is 9.59 Å². The van der Waals surface area contributed by atoms with Crippen LogP contribution in [0.15, 0.2) is 128 Å². The molecule has 7 rings (SSSR count). The number of hydrogen-bond acceptors (Lipinski definition) is 4. The van der Waals surface area contributed by atoms with Crippen molar-refractivity contribution in [2.75, 3.05) is 18.0 Å². The summed E-state index contributed by atoms with van der Waals surface area (Å²) in [7, 11) is 0. The molecule has 0 saturated carbocycles. The number of amides is 3. The predicted octanol–water partition coefficient (Wildman–Crippen LogP) is 7.31. The first-order valence-electron chi connectivity index (χ1n) is 16.8. The first kappa shape index (κ1) is 33.7. The van der Waals surface area contributed by atoms with Crippen molar-refractivity contribution in [3.05, 3.63) is 161 Å². The van der Waals surface area contributed by atoms with Gasteiger partial charge in [0.25, 0.3) is 0 Å². The second-order valence-corrected chi connectivity index (χ2v) is 12.8. The molecule has 7 heteroatoms. The lowest BCUT2D eigenvalue weighted by atomic mass is 10.0. The Morgan fingerprint density at radius 2 is 1.10 bits per heavy atom. The van der Waals surface area contributed by atoms with Crippen LogP contribution in [0.2, 0.25) is 0 Å². The highest BCUT2D eigenvalue weighted by atomic mass is 16.2. The number of hydrogen-bond donors (Lipinski definition) is 0. The summed E-state index contributed by atoms with van der Waals surface area (Å²) >= 11 is 0. The Kier molecular flexibility index (Phi) is 10.7. The van der Waals surface area contributed by atoms with Gasteiger partial charge >= 0.3 is 6.03 Å². The molecule has 50 heavy (non-hydrogen) atoms. The number of carbonyl (C=O) groups excluding carboxylic acids is 2. The minimum Gasteiger partial charge on any atom is -0.332 e. The summed E-state index contributed by atoms with van der Waals surface area (Å²) in [4.78, 5) is 39.1. The van der Waals surface area contributed by atoms with Gasteiger partial charge in [0, 0.05) is 65.4 Å². The Morgan fingerprint density at radius 1 is 0.600 bits per heavy atom. The molecule has 2 aliphatic rings. The van der Waals surface area contributed by atoms with E-state index in [0.717, 1.165) is 45.7 Å². The first-order chi connectivity index (χ1) is 24.3. The lowest BCUT2D eigenvalue weighted by Gasteiger charge is -2.31. The average Bonchev–Trinajstić information content (AvgIpc) is 3.65. The number of pyridine rings is 2. The molecule has 0 aliphatic carbocycles. The van der Waals surface area contributed by atoms with Crippen LogP contribution >= 0.6 is 0 Å². The van der Waals surface area contributed by atoms with Crippen molar-refractivity contribution in [3.63, 3.8) is 0 Å². The van der Waals surface area contributed by atoms with Crippen LogP contribution in [0.25, 0.3) is 0 Å². The summed E-state index contributed by atoms with van der Waals surface area (Å²) in [5.74, 6) is 12.7. The molecule has 2 fully saturated rings. The van der Waals surface area contributed by atoms with Gasteiger partial charge in [-0.15, -0.1) is 0 Å². The van der Waals surface area contributed by atoms with Crippen molar-refractivity contribution >= 4 is 17.6 Å². The van der Waals surface area contributed by atoms with E-state index >= 15 is 0 Å². The Balaban J connectivity index is 0.000000175. The van der Waals surface area contributed by atoms with Gasteiger partial charge in [-0.3, -0.25) is 19.7 Å². The van der Waals surface area contributed by atoms with E-state index in [2.05, 4.69) is 47.5 Å². The molecule has 0 N–H and O–H groups in total. The Hall–Kier alpha value is -6.18. The average molecular weight is 658 g/mol. The summed E-state index contributed by atoms with van der Waals surface area (Å²) in [6.45, 7) is 6.69. The lowest BCUT2D eigenvalue weighted by Crippen LogP contribution is -2.40. The van der Waals surface area contributed by atoms with Crippen molar-refractivity contribution in [1.82, 2.24) is 19.8 Å². The zero-order valence-corrected chi connectivity index (χ0v) is 28.4. The molecule has 248 valence electrons. The molecule has 0 bridgehead atoms. The van der Waals surface area contributed by atoms with Gasteiger partial charge in [0.05, 0.1) is 24.5 Å². The zero-order valence-electron chi connectivity index (χ0n) is 28.4. The molecule has 2 aromatic heterocycles. The standard InChI is InChI=1S/C23H19N3O.C20H20N2O/c27-23-25(15-16-26(23)22-9-5-2-6-10-22)18-21-14-13-20(17-24-21)12-11-19-7-3-1-4-8-19;1-20(2)13-12-19(23)22(20)15-18-11-10-17(14-21-18)9-8-16-6-4-3-5-7-16/h1-10,13-14,17H,15-16,18H2;3-7,10-11,14H,12-13,15H2,1-2H3. The fourth-order valence-corrected chi connectivity index (χ4v) is 5.77. The van der Waals surface area contributed by atoms with Gasteiger partial charge in [0.2, 0.25) is 5.91 Å². The van der Waals surface area contributed by atoms with Crippen LogP contribution in [0, 0.1) is 23.7 Å². The van der Waals surface area contributed by atoms with E-state index in [9.17, 15) is 9.59 Å². The van der Waals surface area contributed by atoms with Gasteiger partial charge in [-0.1, -0.05) is 78.3 Å². The van der Waals surface area contributed by atoms with Crippen LogP contribution < -0.4 is 4.90 Å². The molecular weight excluding hydrogens is 619 g/mol. The van der Waals surface area contributed by atoms with E-state index in [-0.39, 0.29) is 17.5 Å². The highest BCUT2D eigenvalue weighted by Crippen LogP contribution is 2.30. The van der Waals surface area contributed by atoms with Gasteiger partial charge in [0.15, 0.2) is 0 Å². The summed E-state index contributed by atoms with van der Waals surface area (Å²) in [6.07, 6.45) is 5.08. The molecule has 4 heterocycles. The first-order valence-corrected chi connectivity index (χ1v) is 16.8. The largest absolute Gasteiger partial charge is 0.332 e. The van der Waals surface area contributed by atoms with Crippen LogP contribution in [-0.2, 0) is 17.9 Å². The maximum Gasteiger partial charge on any atom is 0.324 e. The van der Waals surface area contributed by atoms with Gasteiger partial charge in [-0.05, 0) is 80.9 Å². The number of nitrogens with zero attached hydrogens (tertiary/aromatic N) is 5. The maximum atomic E-state index is 12.6. The SMILES string of the molecule is CC1(C)CCC(=O)N1Cc1ccc(C#Cc2ccccc2)cn1.O=C1N(Cc2ccc(C#Cc3ccccc3)cn2)CCN1c1ccccc1. The van der Waals surface area contributed by atoms with Gasteiger partial charge in [-0.25, -0.2) is 4.79 Å². The summed E-state index contributed by atoms with van der Waals surface area (Å²) in [5.41, 5.74) is 6.33. The van der Waals surface area contributed by atoms with Crippen LogP contribution in [0.3, 0.4) is 0 Å². The lowest BCUT2D eigenvalue weighted by molar-refractivity contribution is -0.131. The fraction of sp³-hybridized carbons (Fsp3) is 0.209. The topological polar surface area (TPSA) is 69.6 Å². The molecule has 5 aromatic rings. The maximum absolute atomic E-state index is 12.6. The molecule has 0 spiro atoms. The number of aromatic nitrogens is 2. The monoisotopic (exact) mass is 657 g/mol. The van der Waals surface area contributed by atoms with E-state index in [1.807, 2.05) is 125 Å². The van der Waals surface area contributed by atoms with Crippen LogP contribution in [-0.4, -0.2) is 50.3 Å².